The lowest BCUT2D eigenvalue weighted by atomic mass is 10.1. The van der Waals surface area contributed by atoms with Crippen LogP contribution in [0.4, 0.5) is 0 Å². The van der Waals surface area contributed by atoms with Gasteiger partial charge in [-0.25, -0.2) is 9.97 Å². The van der Waals surface area contributed by atoms with Crippen LogP contribution in [0.3, 0.4) is 0 Å². The van der Waals surface area contributed by atoms with Gasteiger partial charge < -0.3 is 9.30 Å². The molecule has 24 heavy (non-hydrogen) atoms. The Kier molecular flexibility index (Phi) is 4.01. The van der Waals surface area contributed by atoms with E-state index in [0.29, 0.717) is 17.4 Å². The number of rotatable bonds is 3. The molecule has 0 aliphatic carbocycles. The molecular weight excluding hydrogens is 439 g/mol. The van der Waals surface area contributed by atoms with E-state index in [-0.39, 0.29) is 0 Å². The van der Waals surface area contributed by atoms with Crippen molar-refractivity contribution in [1.82, 2.24) is 19.5 Å². The van der Waals surface area contributed by atoms with Crippen LogP contribution in [-0.2, 0) is 6.54 Å². The van der Waals surface area contributed by atoms with Crippen molar-refractivity contribution >= 4 is 56.1 Å². The molecule has 0 N–H and O–H groups in total. The molecule has 0 saturated carbocycles. The number of ether oxygens (including phenoxy) is 1. The minimum Gasteiger partial charge on any atom is -0.480 e. The van der Waals surface area contributed by atoms with E-state index in [1.165, 1.54) is 6.33 Å². The van der Waals surface area contributed by atoms with E-state index < -0.39 is 0 Å². The molecule has 0 aliphatic rings. The zero-order chi connectivity index (χ0) is 16.7. The van der Waals surface area contributed by atoms with E-state index in [0.717, 1.165) is 31.1 Å². The summed E-state index contributed by atoms with van der Waals surface area (Å²) < 4.78 is 8.51. The van der Waals surface area contributed by atoms with Crippen LogP contribution in [0.25, 0.3) is 21.9 Å². The number of nitrogens with zero attached hydrogens (tertiary/aromatic N) is 4. The van der Waals surface area contributed by atoms with Crippen LogP contribution in [0.5, 0.6) is 5.88 Å². The molecule has 0 spiro atoms. The van der Waals surface area contributed by atoms with Crippen molar-refractivity contribution in [3.05, 3.63) is 57.1 Å². The highest BCUT2D eigenvalue weighted by atomic mass is 127. The minimum atomic E-state index is 0.595. The summed E-state index contributed by atoms with van der Waals surface area (Å²) >= 11 is 8.33. The average Bonchev–Trinajstić information content (AvgIpc) is 2.90. The molecule has 0 atom stereocenters. The number of halogens is 2. The van der Waals surface area contributed by atoms with E-state index in [2.05, 4.69) is 60.4 Å². The van der Waals surface area contributed by atoms with Gasteiger partial charge in [-0.2, -0.15) is 0 Å². The fraction of sp³-hybridized carbons (Fsp3) is 0.118. The zero-order valence-corrected chi connectivity index (χ0v) is 15.6. The molecule has 0 fully saturated rings. The van der Waals surface area contributed by atoms with Crippen LogP contribution in [0.1, 0.15) is 5.56 Å². The van der Waals surface area contributed by atoms with Gasteiger partial charge in [0.05, 0.1) is 23.0 Å². The summed E-state index contributed by atoms with van der Waals surface area (Å²) in [7, 11) is 1.62. The molecule has 5 nitrogen and oxygen atoms in total. The Balaban J connectivity index is 1.79. The molecule has 3 aromatic heterocycles. The first-order valence-electron chi connectivity index (χ1n) is 7.23. The molecule has 0 unspecified atom stereocenters. The number of hydrogen-bond donors (Lipinski definition) is 0. The fourth-order valence-electron chi connectivity index (χ4n) is 2.77. The molecule has 0 amide bonds. The Morgan fingerprint density at radius 1 is 1.21 bits per heavy atom. The molecule has 120 valence electrons. The number of fused-ring (bicyclic) bond motifs is 2. The van der Waals surface area contributed by atoms with Gasteiger partial charge in [0, 0.05) is 27.9 Å². The van der Waals surface area contributed by atoms with Crippen molar-refractivity contribution in [2.45, 2.75) is 6.54 Å². The third kappa shape index (κ3) is 2.69. The maximum Gasteiger partial charge on any atom is 0.226 e. The summed E-state index contributed by atoms with van der Waals surface area (Å²) in [5.41, 5.74) is 2.94. The van der Waals surface area contributed by atoms with Gasteiger partial charge in [-0.3, -0.25) is 4.98 Å². The average molecular weight is 451 g/mol. The first-order valence-corrected chi connectivity index (χ1v) is 8.69. The summed E-state index contributed by atoms with van der Waals surface area (Å²) in [5.74, 6) is 0.595. The van der Waals surface area contributed by atoms with Crippen LogP contribution >= 0.6 is 34.2 Å². The first-order chi connectivity index (χ1) is 11.7. The van der Waals surface area contributed by atoms with Gasteiger partial charge in [-0.15, -0.1) is 0 Å². The number of aromatic nitrogens is 4. The molecule has 1 aromatic carbocycles. The standard InChI is InChI=1S/C17H12ClIN4O/c1-24-17-15-13(19)8-23(16(15)21-9-22-17)7-10-2-3-14-11(4-10)5-12(18)6-20-14/h2-6,8-9H,7H2,1H3. The summed E-state index contributed by atoms with van der Waals surface area (Å²) in [5, 5.41) is 2.60. The number of benzene rings is 1. The molecule has 0 aliphatic heterocycles. The third-order valence-electron chi connectivity index (χ3n) is 3.83. The van der Waals surface area contributed by atoms with Crippen LogP contribution in [-0.4, -0.2) is 26.6 Å². The van der Waals surface area contributed by atoms with E-state index in [4.69, 9.17) is 16.3 Å². The van der Waals surface area contributed by atoms with E-state index in [1.807, 2.05) is 12.1 Å². The Hall–Kier alpha value is -1.93. The summed E-state index contributed by atoms with van der Waals surface area (Å²) in [6.45, 7) is 0.697. The largest absolute Gasteiger partial charge is 0.480 e. The van der Waals surface area contributed by atoms with Crippen LogP contribution in [0, 0.1) is 3.57 Å². The monoisotopic (exact) mass is 450 g/mol. The molecule has 4 aromatic rings. The second-order valence-corrected chi connectivity index (χ2v) is 6.97. The van der Waals surface area contributed by atoms with Crippen LogP contribution < -0.4 is 4.74 Å². The Bertz CT molecular complexity index is 1060. The molecular formula is C17H12ClIN4O. The SMILES string of the molecule is COc1ncnc2c1c(I)cn2Cc1ccc2ncc(Cl)cc2c1. The smallest absolute Gasteiger partial charge is 0.226 e. The highest BCUT2D eigenvalue weighted by molar-refractivity contribution is 14.1. The molecule has 7 heteroatoms. The minimum absolute atomic E-state index is 0.595. The summed E-state index contributed by atoms with van der Waals surface area (Å²) in [6.07, 6.45) is 5.25. The van der Waals surface area contributed by atoms with Crippen molar-refractivity contribution in [3.8, 4) is 5.88 Å². The topological polar surface area (TPSA) is 52.8 Å². The van der Waals surface area contributed by atoms with Crippen LogP contribution in [0.15, 0.2) is 43.0 Å². The van der Waals surface area contributed by atoms with Gasteiger partial charge >= 0.3 is 0 Å². The first kappa shape index (κ1) is 15.6. The molecule has 3 heterocycles. The van der Waals surface area contributed by atoms with Crippen molar-refractivity contribution in [3.63, 3.8) is 0 Å². The van der Waals surface area contributed by atoms with Gasteiger partial charge in [0.2, 0.25) is 5.88 Å². The second-order valence-electron chi connectivity index (χ2n) is 5.37. The summed E-state index contributed by atoms with van der Waals surface area (Å²) in [6, 6.07) is 8.11. The van der Waals surface area contributed by atoms with Crippen molar-refractivity contribution in [2.75, 3.05) is 7.11 Å². The maximum atomic E-state index is 6.05. The molecule has 4 rings (SSSR count). The normalized spacial score (nSPS) is 11.3. The predicted molar refractivity (Wildman–Crippen MR) is 103 cm³/mol. The maximum absolute atomic E-state index is 6.05. The van der Waals surface area contributed by atoms with Crippen molar-refractivity contribution in [1.29, 1.82) is 0 Å². The van der Waals surface area contributed by atoms with Crippen molar-refractivity contribution < 1.29 is 4.74 Å². The lowest BCUT2D eigenvalue weighted by Crippen LogP contribution is -2.00. The third-order valence-corrected chi connectivity index (χ3v) is 4.86. The van der Waals surface area contributed by atoms with E-state index in [1.54, 1.807) is 13.3 Å². The van der Waals surface area contributed by atoms with E-state index >= 15 is 0 Å². The Morgan fingerprint density at radius 2 is 2.08 bits per heavy atom. The quantitative estimate of drug-likeness (QED) is 0.437. The second kappa shape index (κ2) is 6.18. The van der Waals surface area contributed by atoms with Gasteiger partial charge in [0.25, 0.3) is 0 Å². The highest BCUT2D eigenvalue weighted by Crippen LogP contribution is 2.29. The molecule has 0 bridgehead atoms. The van der Waals surface area contributed by atoms with Gasteiger partial charge in [-0.05, 0) is 46.4 Å². The number of hydrogen-bond acceptors (Lipinski definition) is 4. The lowest BCUT2D eigenvalue weighted by molar-refractivity contribution is 0.402. The Morgan fingerprint density at radius 3 is 2.92 bits per heavy atom. The predicted octanol–water partition coefficient (Wildman–Crippen LogP) is 4.29. The fourth-order valence-corrected chi connectivity index (χ4v) is 3.75. The van der Waals surface area contributed by atoms with E-state index in [9.17, 15) is 0 Å². The van der Waals surface area contributed by atoms with Gasteiger partial charge in [0.15, 0.2) is 0 Å². The number of methoxy groups -OCH3 is 1. The van der Waals surface area contributed by atoms with Crippen LogP contribution in [0.2, 0.25) is 5.02 Å². The van der Waals surface area contributed by atoms with Gasteiger partial charge in [0.1, 0.15) is 12.0 Å². The summed E-state index contributed by atoms with van der Waals surface area (Å²) in [4.78, 5) is 12.9. The lowest BCUT2D eigenvalue weighted by Gasteiger charge is -2.07. The van der Waals surface area contributed by atoms with Gasteiger partial charge in [-0.1, -0.05) is 17.7 Å². The zero-order valence-electron chi connectivity index (χ0n) is 12.7. The van der Waals surface area contributed by atoms with Crippen molar-refractivity contribution in [2.24, 2.45) is 0 Å². The number of pyridine rings is 1. The molecule has 0 radical (unpaired) electrons. The Labute approximate surface area is 156 Å². The molecule has 0 saturated heterocycles. The highest BCUT2D eigenvalue weighted by Gasteiger charge is 2.14.